The Kier molecular flexibility index (Phi) is 9.53. The van der Waals surface area contributed by atoms with Crippen LogP contribution in [0.4, 0.5) is 5.69 Å². The lowest BCUT2D eigenvalue weighted by Gasteiger charge is -2.12. The summed E-state index contributed by atoms with van der Waals surface area (Å²) in [5.41, 5.74) is 0.661. The highest BCUT2D eigenvalue weighted by molar-refractivity contribution is 5.92. The maximum Gasteiger partial charge on any atom is 0.238 e. The third kappa shape index (κ3) is 6.10. The van der Waals surface area contributed by atoms with Crippen LogP contribution in [0.3, 0.4) is 0 Å². The Balaban J connectivity index is 0.00000361. The van der Waals surface area contributed by atoms with Gasteiger partial charge in [0.15, 0.2) is 11.5 Å². The Morgan fingerprint density at radius 3 is 2.55 bits per heavy atom. The van der Waals surface area contributed by atoms with Gasteiger partial charge >= 0.3 is 0 Å². The number of halogens is 1. The van der Waals surface area contributed by atoms with E-state index in [2.05, 4.69) is 10.6 Å². The molecule has 1 aromatic carbocycles. The molecule has 0 heterocycles. The van der Waals surface area contributed by atoms with Gasteiger partial charge in [0, 0.05) is 18.9 Å². The molecule has 0 atom stereocenters. The summed E-state index contributed by atoms with van der Waals surface area (Å²) >= 11 is 0. The molecule has 0 saturated heterocycles. The minimum absolute atomic E-state index is 0. The van der Waals surface area contributed by atoms with Gasteiger partial charge < -0.3 is 24.8 Å². The van der Waals surface area contributed by atoms with Crippen LogP contribution in [0.1, 0.15) is 0 Å². The summed E-state index contributed by atoms with van der Waals surface area (Å²) in [6.07, 6.45) is 0. The van der Waals surface area contributed by atoms with Crippen LogP contribution in [0.5, 0.6) is 11.5 Å². The molecule has 0 aliphatic rings. The second-order valence-electron chi connectivity index (χ2n) is 3.79. The molecule has 0 radical (unpaired) electrons. The highest BCUT2D eigenvalue weighted by Crippen LogP contribution is 2.30. The molecule has 0 fully saturated rings. The average molecular weight is 305 g/mol. The third-order valence-electron chi connectivity index (χ3n) is 2.33. The SMILES string of the molecule is CNCC(=O)Nc1ccc(OC)c(OCCOC)c1.Cl. The van der Waals surface area contributed by atoms with Crippen LogP contribution in [0.25, 0.3) is 0 Å². The molecule has 0 bridgehead atoms. The Morgan fingerprint density at radius 2 is 1.95 bits per heavy atom. The number of ether oxygens (including phenoxy) is 3. The molecule has 0 unspecified atom stereocenters. The molecule has 1 aromatic rings. The largest absolute Gasteiger partial charge is 0.493 e. The van der Waals surface area contributed by atoms with Crippen molar-refractivity contribution in [3.8, 4) is 11.5 Å². The molecule has 0 aliphatic carbocycles. The molecule has 7 heteroatoms. The van der Waals surface area contributed by atoms with Gasteiger partial charge in [0.25, 0.3) is 0 Å². The lowest BCUT2D eigenvalue weighted by molar-refractivity contribution is -0.115. The predicted molar refractivity (Wildman–Crippen MR) is 80.2 cm³/mol. The van der Waals surface area contributed by atoms with E-state index in [-0.39, 0.29) is 24.9 Å². The fraction of sp³-hybridized carbons (Fsp3) is 0.462. The zero-order valence-corrected chi connectivity index (χ0v) is 12.7. The van der Waals surface area contributed by atoms with Crippen LogP contribution >= 0.6 is 12.4 Å². The molecule has 20 heavy (non-hydrogen) atoms. The van der Waals surface area contributed by atoms with Gasteiger partial charge in [-0.05, 0) is 19.2 Å². The summed E-state index contributed by atoms with van der Waals surface area (Å²) in [7, 11) is 4.89. The van der Waals surface area contributed by atoms with E-state index in [1.807, 2.05) is 0 Å². The molecule has 114 valence electrons. The van der Waals surface area contributed by atoms with E-state index in [4.69, 9.17) is 14.2 Å². The van der Waals surface area contributed by atoms with E-state index >= 15 is 0 Å². The van der Waals surface area contributed by atoms with Gasteiger partial charge in [-0.1, -0.05) is 0 Å². The van der Waals surface area contributed by atoms with E-state index in [1.165, 1.54) is 0 Å². The number of rotatable bonds is 8. The Labute approximate surface area is 125 Å². The highest BCUT2D eigenvalue weighted by Gasteiger charge is 2.07. The van der Waals surface area contributed by atoms with Crippen molar-refractivity contribution in [3.63, 3.8) is 0 Å². The summed E-state index contributed by atoms with van der Waals surface area (Å²) in [4.78, 5) is 11.5. The molecular weight excluding hydrogens is 284 g/mol. The minimum atomic E-state index is -0.115. The first-order chi connectivity index (χ1) is 9.21. The standard InChI is InChI=1S/C13H20N2O4.ClH/c1-14-9-13(16)15-10-4-5-11(18-3)12(8-10)19-7-6-17-2;/h4-5,8,14H,6-7,9H2,1-3H3,(H,15,16);1H. The first kappa shape index (κ1) is 18.5. The number of carbonyl (C=O) groups excluding carboxylic acids is 1. The van der Waals surface area contributed by atoms with Crippen molar-refractivity contribution in [1.29, 1.82) is 0 Å². The van der Waals surface area contributed by atoms with Crippen molar-refractivity contribution in [1.82, 2.24) is 5.32 Å². The summed E-state index contributed by atoms with van der Waals surface area (Å²) < 4.78 is 15.6. The third-order valence-corrected chi connectivity index (χ3v) is 2.33. The van der Waals surface area contributed by atoms with Crippen molar-refractivity contribution in [3.05, 3.63) is 18.2 Å². The Bertz CT molecular complexity index is 415. The second-order valence-corrected chi connectivity index (χ2v) is 3.79. The van der Waals surface area contributed by atoms with E-state index in [0.29, 0.717) is 30.4 Å². The number of carbonyl (C=O) groups is 1. The normalized spacial score (nSPS) is 9.55. The maximum absolute atomic E-state index is 11.5. The number of hydrogen-bond donors (Lipinski definition) is 2. The molecule has 1 rings (SSSR count). The number of amides is 1. The van der Waals surface area contributed by atoms with E-state index in [0.717, 1.165) is 0 Å². The van der Waals surface area contributed by atoms with Gasteiger partial charge in [-0.3, -0.25) is 4.79 Å². The predicted octanol–water partition coefficient (Wildman–Crippen LogP) is 1.30. The molecule has 6 nitrogen and oxygen atoms in total. The molecule has 0 aliphatic heterocycles. The second kappa shape index (κ2) is 10.3. The van der Waals surface area contributed by atoms with Crippen LogP contribution < -0.4 is 20.1 Å². The van der Waals surface area contributed by atoms with Gasteiger partial charge in [-0.25, -0.2) is 0 Å². The Hall–Kier alpha value is -1.50. The highest BCUT2D eigenvalue weighted by atomic mass is 35.5. The molecule has 1 amide bonds. The topological polar surface area (TPSA) is 68.8 Å². The van der Waals surface area contributed by atoms with Crippen molar-refractivity contribution in [2.24, 2.45) is 0 Å². The van der Waals surface area contributed by atoms with Crippen molar-refractivity contribution >= 4 is 24.0 Å². The summed E-state index contributed by atoms with van der Waals surface area (Å²) in [5, 5.41) is 5.54. The summed E-state index contributed by atoms with van der Waals surface area (Å²) in [6, 6.07) is 5.23. The Morgan fingerprint density at radius 1 is 1.20 bits per heavy atom. The minimum Gasteiger partial charge on any atom is -0.493 e. The van der Waals surface area contributed by atoms with E-state index in [9.17, 15) is 4.79 Å². The average Bonchev–Trinajstić information content (AvgIpc) is 2.39. The molecule has 0 spiro atoms. The number of nitrogens with one attached hydrogen (secondary N) is 2. The number of benzene rings is 1. The quantitative estimate of drug-likeness (QED) is 0.709. The zero-order chi connectivity index (χ0) is 14.1. The van der Waals surface area contributed by atoms with Crippen molar-refractivity contribution in [2.75, 3.05) is 46.3 Å². The van der Waals surface area contributed by atoms with Gasteiger partial charge in [-0.2, -0.15) is 0 Å². The molecule has 0 saturated carbocycles. The fourth-order valence-corrected chi connectivity index (χ4v) is 1.47. The number of hydrogen-bond acceptors (Lipinski definition) is 5. The van der Waals surface area contributed by atoms with Crippen molar-refractivity contribution < 1.29 is 19.0 Å². The van der Waals surface area contributed by atoms with Crippen LogP contribution in [-0.4, -0.2) is 46.9 Å². The summed E-state index contributed by atoms with van der Waals surface area (Å²) in [5.74, 6) is 1.07. The summed E-state index contributed by atoms with van der Waals surface area (Å²) in [6.45, 7) is 1.16. The number of anilines is 1. The maximum atomic E-state index is 11.5. The molecule has 0 aromatic heterocycles. The van der Waals surface area contributed by atoms with E-state index in [1.54, 1.807) is 39.5 Å². The van der Waals surface area contributed by atoms with Gasteiger partial charge in [0.1, 0.15) is 6.61 Å². The van der Waals surface area contributed by atoms with Crippen LogP contribution in [-0.2, 0) is 9.53 Å². The van der Waals surface area contributed by atoms with Gasteiger partial charge in [-0.15, -0.1) is 12.4 Å². The smallest absolute Gasteiger partial charge is 0.238 e. The first-order valence-corrected chi connectivity index (χ1v) is 5.95. The first-order valence-electron chi connectivity index (χ1n) is 5.95. The van der Waals surface area contributed by atoms with Crippen LogP contribution in [0.15, 0.2) is 18.2 Å². The fourth-order valence-electron chi connectivity index (χ4n) is 1.47. The molecule has 2 N–H and O–H groups in total. The number of likely N-dealkylation sites (N-methyl/N-ethyl adjacent to an activating group) is 1. The zero-order valence-electron chi connectivity index (χ0n) is 11.9. The van der Waals surface area contributed by atoms with Crippen molar-refractivity contribution in [2.45, 2.75) is 0 Å². The van der Waals surface area contributed by atoms with E-state index < -0.39 is 0 Å². The molecular formula is C13H21ClN2O4. The van der Waals surface area contributed by atoms with Crippen LogP contribution in [0, 0.1) is 0 Å². The number of methoxy groups -OCH3 is 2. The lowest BCUT2D eigenvalue weighted by Crippen LogP contribution is -2.25. The monoisotopic (exact) mass is 304 g/mol. The van der Waals surface area contributed by atoms with Gasteiger partial charge in [0.2, 0.25) is 5.91 Å². The van der Waals surface area contributed by atoms with Crippen LogP contribution in [0.2, 0.25) is 0 Å². The van der Waals surface area contributed by atoms with Gasteiger partial charge in [0.05, 0.1) is 20.3 Å². The lowest BCUT2D eigenvalue weighted by atomic mass is 10.2.